The van der Waals surface area contributed by atoms with Crippen LogP contribution in [-0.2, 0) is 4.79 Å². The van der Waals surface area contributed by atoms with Crippen LogP contribution in [0.5, 0.6) is 5.75 Å². The SMILES string of the molecule is CC(=O)Nc1ccc(C(=O)COc2cccc(C#N)c2)cc1. The molecule has 0 unspecified atom stereocenters. The average molecular weight is 294 g/mol. The first kappa shape index (κ1) is 15.3. The van der Waals surface area contributed by atoms with Crippen molar-refractivity contribution in [1.82, 2.24) is 0 Å². The fourth-order valence-electron chi connectivity index (χ4n) is 1.83. The Bertz CT molecular complexity index is 730. The predicted molar refractivity (Wildman–Crippen MR) is 81.7 cm³/mol. The van der Waals surface area contributed by atoms with E-state index in [0.717, 1.165) is 0 Å². The first-order chi connectivity index (χ1) is 10.6. The van der Waals surface area contributed by atoms with Gasteiger partial charge in [0.25, 0.3) is 0 Å². The van der Waals surface area contributed by atoms with Gasteiger partial charge in [-0.15, -0.1) is 0 Å². The summed E-state index contributed by atoms with van der Waals surface area (Å²) >= 11 is 0. The van der Waals surface area contributed by atoms with Crippen LogP contribution in [0, 0.1) is 11.3 Å². The molecule has 1 N–H and O–H groups in total. The Morgan fingerprint density at radius 1 is 1.18 bits per heavy atom. The van der Waals surface area contributed by atoms with E-state index in [1.165, 1.54) is 6.92 Å². The fraction of sp³-hybridized carbons (Fsp3) is 0.118. The van der Waals surface area contributed by atoms with Gasteiger partial charge in [-0.2, -0.15) is 5.26 Å². The number of nitrogens with zero attached hydrogens (tertiary/aromatic N) is 1. The number of amides is 1. The summed E-state index contributed by atoms with van der Waals surface area (Å²) in [5.74, 6) is 0.124. The van der Waals surface area contributed by atoms with Crippen LogP contribution in [0.2, 0.25) is 0 Å². The number of nitrogens with one attached hydrogen (secondary N) is 1. The number of carbonyl (C=O) groups is 2. The summed E-state index contributed by atoms with van der Waals surface area (Å²) in [6.07, 6.45) is 0. The van der Waals surface area contributed by atoms with Crippen LogP contribution < -0.4 is 10.1 Å². The standard InChI is InChI=1S/C17H14N2O3/c1-12(20)19-15-7-5-14(6-8-15)17(21)11-22-16-4-2-3-13(9-16)10-18/h2-9H,11H2,1H3,(H,19,20). The van der Waals surface area contributed by atoms with Crippen LogP contribution in [0.4, 0.5) is 5.69 Å². The third kappa shape index (κ3) is 4.18. The van der Waals surface area contributed by atoms with Crippen molar-refractivity contribution in [2.24, 2.45) is 0 Å². The first-order valence-electron chi connectivity index (χ1n) is 6.62. The molecule has 22 heavy (non-hydrogen) atoms. The molecule has 0 radical (unpaired) electrons. The highest BCUT2D eigenvalue weighted by Crippen LogP contribution is 2.14. The van der Waals surface area contributed by atoms with E-state index in [-0.39, 0.29) is 18.3 Å². The quantitative estimate of drug-likeness (QED) is 0.860. The van der Waals surface area contributed by atoms with Gasteiger partial charge in [0, 0.05) is 18.2 Å². The zero-order chi connectivity index (χ0) is 15.9. The van der Waals surface area contributed by atoms with E-state index in [1.807, 2.05) is 6.07 Å². The number of ether oxygens (including phenoxy) is 1. The fourth-order valence-corrected chi connectivity index (χ4v) is 1.83. The van der Waals surface area contributed by atoms with E-state index >= 15 is 0 Å². The number of benzene rings is 2. The van der Waals surface area contributed by atoms with Crippen LogP contribution in [0.3, 0.4) is 0 Å². The number of Topliss-reactive ketones (excluding diaryl/α,β-unsaturated/α-hetero) is 1. The molecule has 0 heterocycles. The zero-order valence-corrected chi connectivity index (χ0v) is 12.0. The van der Waals surface area contributed by atoms with Crippen molar-refractivity contribution in [1.29, 1.82) is 5.26 Å². The van der Waals surface area contributed by atoms with Gasteiger partial charge in [-0.1, -0.05) is 6.07 Å². The molecule has 0 spiro atoms. The maximum Gasteiger partial charge on any atom is 0.221 e. The van der Waals surface area contributed by atoms with Gasteiger partial charge < -0.3 is 10.1 Å². The van der Waals surface area contributed by atoms with Crippen LogP contribution in [0.25, 0.3) is 0 Å². The lowest BCUT2D eigenvalue weighted by atomic mass is 10.1. The van der Waals surface area contributed by atoms with Gasteiger partial charge in [-0.25, -0.2) is 0 Å². The molecule has 0 atom stereocenters. The smallest absolute Gasteiger partial charge is 0.221 e. The molecule has 0 aliphatic heterocycles. The molecule has 110 valence electrons. The second-order valence-corrected chi connectivity index (χ2v) is 4.61. The Kier molecular flexibility index (Phi) is 4.89. The van der Waals surface area contributed by atoms with E-state index in [2.05, 4.69) is 5.32 Å². The number of ketones is 1. The van der Waals surface area contributed by atoms with E-state index < -0.39 is 0 Å². The lowest BCUT2D eigenvalue weighted by Crippen LogP contribution is -2.12. The molecule has 2 aromatic rings. The maximum absolute atomic E-state index is 12.0. The summed E-state index contributed by atoms with van der Waals surface area (Å²) in [6, 6.07) is 15.2. The first-order valence-corrected chi connectivity index (χ1v) is 6.62. The highest BCUT2D eigenvalue weighted by molar-refractivity contribution is 5.98. The third-order valence-corrected chi connectivity index (χ3v) is 2.86. The van der Waals surface area contributed by atoms with Crippen molar-refractivity contribution >= 4 is 17.4 Å². The molecular formula is C17H14N2O3. The molecule has 0 aromatic heterocycles. The monoisotopic (exact) mass is 294 g/mol. The van der Waals surface area contributed by atoms with E-state index in [4.69, 9.17) is 10.00 Å². The van der Waals surface area contributed by atoms with Crippen molar-refractivity contribution in [2.45, 2.75) is 6.92 Å². The Morgan fingerprint density at radius 2 is 1.91 bits per heavy atom. The van der Waals surface area contributed by atoms with Gasteiger partial charge in [-0.3, -0.25) is 9.59 Å². The summed E-state index contributed by atoms with van der Waals surface area (Å²) < 4.78 is 5.39. The van der Waals surface area contributed by atoms with Crippen LogP contribution in [0.15, 0.2) is 48.5 Å². The second kappa shape index (κ2) is 7.04. The van der Waals surface area contributed by atoms with E-state index in [9.17, 15) is 9.59 Å². The van der Waals surface area contributed by atoms with Gasteiger partial charge in [0.1, 0.15) is 5.75 Å². The summed E-state index contributed by atoms with van der Waals surface area (Å²) in [5, 5.41) is 11.4. The van der Waals surface area contributed by atoms with Gasteiger partial charge >= 0.3 is 0 Å². The molecule has 5 nitrogen and oxygen atoms in total. The minimum Gasteiger partial charge on any atom is -0.485 e. The van der Waals surface area contributed by atoms with Gasteiger partial charge in [0.05, 0.1) is 11.6 Å². The molecule has 0 aliphatic rings. The number of carbonyl (C=O) groups excluding carboxylic acids is 2. The summed E-state index contributed by atoms with van der Waals surface area (Å²) in [5.41, 5.74) is 1.60. The molecule has 0 saturated carbocycles. The predicted octanol–water partition coefficient (Wildman–Crippen LogP) is 2.78. The normalized spacial score (nSPS) is 9.64. The molecule has 2 rings (SSSR count). The maximum atomic E-state index is 12.0. The molecule has 1 amide bonds. The summed E-state index contributed by atoms with van der Waals surface area (Å²) in [4.78, 5) is 23.0. The minimum absolute atomic E-state index is 0.117. The Labute approximate surface area is 128 Å². The van der Waals surface area contributed by atoms with Crippen LogP contribution in [-0.4, -0.2) is 18.3 Å². The lowest BCUT2D eigenvalue weighted by Gasteiger charge is -2.07. The van der Waals surface area contributed by atoms with Crippen molar-refractivity contribution in [3.05, 3.63) is 59.7 Å². The number of anilines is 1. The Balaban J connectivity index is 1.97. The van der Waals surface area contributed by atoms with Crippen molar-refractivity contribution < 1.29 is 14.3 Å². The van der Waals surface area contributed by atoms with Crippen molar-refractivity contribution in [3.8, 4) is 11.8 Å². The third-order valence-electron chi connectivity index (χ3n) is 2.86. The highest BCUT2D eigenvalue weighted by atomic mass is 16.5. The lowest BCUT2D eigenvalue weighted by molar-refractivity contribution is -0.114. The largest absolute Gasteiger partial charge is 0.485 e. The minimum atomic E-state index is -0.184. The van der Waals surface area contributed by atoms with Crippen molar-refractivity contribution in [2.75, 3.05) is 11.9 Å². The van der Waals surface area contributed by atoms with Gasteiger partial charge in [0.15, 0.2) is 12.4 Å². The number of rotatable bonds is 5. The molecule has 0 saturated heterocycles. The van der Waals surface area contributed by atoms with Crippen molar-refractivity contribution in [3.63, 3.8) is 0 Å². The highest BCUT2D eigenvalue weighted by Gasteiger charge is 2.07. The molecular weight excluding hydrogens is 280 g/mol. The van der Waals surface area contributed by atoms with Crippen LogP contribution >= 0.6 is 0 Å². The average Bonchev–Trinajstić information content (AvgIpc) is 2.53. The Morgan fingerprint density at radius 3 is 2.55 bits per heavy atom. The second-order valence-electron chi connectivity index (χ2n) is 4.61. The molecule has 0 fully saturated rings. The Hall–Kier alpha value is -3.13. The number of hydrogen-bond acceptors (Lipinski definition) is 4. The number of hydrogen-bond donors (Lipinski definition) is 1. The zero-order valence-electron chi connectivity index (χ0n) is 12.0. The molecule has 0 bridgehead atoms. The number of nitriles is 1. The van der Waals surface area contributed by atoms with Gasteiger partial charge in [-0.05, 0) is 42.5 Å². The topological polar surface area (TPSA) is 79.2 Å². The van der Waals surface area contributed by atoms with Gasteiger partial charge in [0.2, 0.25) is 5.91 Å². The molecule has 2 aromatic carbocycles. The molecule has 5 heteroatoms. The molecule has 0 aliphatic carbocycles. The van der Waals surface area contributed by atoms with E-state index in [1.54, 1.807) is 48.5 Å². The van der Waals surface area contributed by atoms with Crippen LogP contribution in [0.1, 0.15) is 22.8 Å². The van der Waals surface area contributed by atoms with E-state index in [0.29, 0.717) is 22.6 Å². The summed E-state index contributed by atoms with van der Waals surface area (Å²) in [7, 11) is 0. The summed E-state index contributed by atoms with van der Waals surface area (Å²) in [6.45, 7) is 1.30.